The summed E-state index contributed by atoms with van der Waals surface area (Å²) in [4.78, 5) is 0. The molecule has 0 saturated carbocycles. The van der Waals surface area contributed by atoms with Crippen LogP contribution in [0.1, 0.15) is 96.8 Å². The second kappa shape index (κ2) is 46.1. The molecule has 0 aromatic carbocycles. The number of alkyl halides is 1. The highest BCUT2D eigenvalue weighted by molar-refractivity contribution is 9.09. The molecule has 0 aliphatic carbocycles. The zero-order valence-corrected chi connectivity index (χ0v) is 31.8. The molecule has 0 radical (unpaired) electrons. The smallest absolute Gasteiger partial charge is 0.0701 e. The van der Waals surface area contributed by atoms with E-state index in [1.807, 2.05) is 0 Å². The van der Waals surface area contributed by atoms with Gasteiger partial charge in [-0.2, -0.15) is 0 Å². The summed E-state index contributed by atoms with van der Waals surface area (Å²) in [5.74, 6) is 0. The zero-order valence-electron chi connectivity index (χ0n) is 30.2. The highest BCUT2D eigenvalue weighted by Gasteiger charge is 1.97. The molecule has 11 heteroatoms. The molecular formula is C36H73BrO10. The van der Waals surface area contributed by atoms with E-state index in [4.69, 9.17) is 47.4 Å². The lowest BCUT2D eigenvalue weighted by atomic mass is 10.0. The SMILES string of the molecule is CCCCCCCCCCCCCCCCOCCOCCOCCOCCOCCOCCOCCOCCOCCOCCBr. The normalized spacial score (nSPS) is 11.6. The second-order valence-electron chi connectivity index (χ2n) is 11.4. The third-order valence-electron chi connectivity index (χ3n) is 7.21. The first-order valence-electron chi connectivity index (χ1n) is 18.7. The fraction of sp³-hybridized carbons (Fsp3) is 1.00. The number of hydrogen-bond donors (Lipinski definition) is 0. The number of hydrogen-bond acceptors (Lipinski definition) is 10. The molecule has 0 atom stereocenters. The van der Waals surface area contributed by atoms with Crippen LogP contribution in [0.4, 0.5) is 0 Å². The van der Waals surface area contributed by atoms with E-state index in [0.717, 1.165) is 18.4 Å². The minimum absolute atomic E-state index is 0.532. The van der Waals surface area contributed by atoms with E-state index in [1.165, 1.54) is 83.5 Å². The van der Waals surface area contributed by atoms with Crippen molar-refractivity contribution in [3.05, 3.63) is 0 Å². The van der Waals surface area contributed by atoms with Crippen LogP contribution in [-0.2, 0) is 47.4 Å². The van der Waals surface area contributed by atoms with Gasteiger partial charge in [-0.15, -0.1) is 0 Å². The van der Waals surface area contributed by atoms with Gasteiger partial charge in [0.25, 0.3) is 0 Å². The van der Waals surface area contributed by atoms with Crippen LogP contribution < -0.4 is 0 Å². The van der Waals surface area contributed by atoms with Crippen LogP contribution in [-0.4, -0.2) is 137 Å². The Hall–Kier alpha value is 0.0800. The van der Waals surface area contributed by atoms with Crippen molar-refractivity contribution in [2.24, 2.45) is 0 Å². The Kier molecular flexibility index (Phi) is 46.2. The lowest BCUT2D eigenvalue weighted by Crippen LogP contribution is -2.15. The molecule has 0 rings (SSSR count). The van der Waals surface area contributed by atoms with Crippen molar-refractivity contribution in [3.8, 4) is 0 Å². The van der Waals surface area contributed by atoms with Crippen LogP contribution in [0.2, 0.25) is 0 Å². The Morgan fingerprint density at radius 3 is 0.660 bits per heavy atom. The van der Waals surface area contributed by atoms with Gasteiger partial charge in [-0.05, 0) is 6.42 Å². The Bertz CT molecular complexity index is 492. The Labute approximate surface area is 297 Å². The average molecular weight is 746 g/mol. The maximum absolute atomic E-state index is 5.68. The molecule has 0 aromatic rings. The number of unbranched alkanes of at least 4 members (excludes halogenated alkanes) is 13. The van der Waals surface area contributed by atoms with Crippen molar-refractivity contribution in [3.63, 3.8) is 0 Å². The molecule has 0 spiro atoms. The molecule has 0 saturated heterocycles. The topological polar surface area (TPSA) is 92.3 Å². The molecule has 0 N–H and O–H groups in total. The van der Waals surface area contributed by atoms with E-state index in [2.05, 4.69) is 22.9 Å². The van der Waals surface area contributed by atoms with Crippen molar-refractivity contribution in [1.82, 2.24) is 0 Å². The maximum Gasteiger partial charge on any atom is 0.0701 e. The summed E-state index contributed by atoms with van der Waals surface area (Å²) < 4.78 is 54.9. The molecule has 0 unspecified atom stereocenters. The molecule has 10 nitrogen and oxygen atoms in total. The van der Waals surface area contributed by atoms with E-state index < -0.39 is 0 Å². The molecule has 0 bridgehead atoms. The van der Waals surface area contributed by atoms with Gasteiger partial charge in [0, 0.05) is 11.9 Å². The van der Waals surface area contributed by atoms with Crippen LogP contribution in [0, 0.1) is 0 Å². The van der Waals surface area contributed by atoms with Crippen LogP contribution in [0.3, 0.4) is 0 Å². The molecule has 284 valence electrons. The first-order valence-corrected chi connectivity index (χ1v) is 19.9. The molecule has 0 fully saturated rings. The molecule has 47 heavy (non-hydrogen) atoms. The third-order valence-corrected chi connectivity index (χ3v) is 7.54. The van der Waals surface area contributed by atoms with Crippen LogP contribution in [0.5, 0.6) is 0 Å². The molecule has 0 amide bonds. The lowest BCUT2D eigenvalue weighted by molar-refractivity contribution is -0.0262. The molecule has 0 aliphatic rings. The highest BCUT2D eigenvalue weighted by atomic mass is 79.9. The first-order chi connectivity index (χ1) is 23.4. The molecule has 0 aromatic heterocycles. The van der Waals surface area contributed by atoms with E-state index in [9.17, 15) is 0 Å². The molecular weight excluding hydrogens is 672 g/mol. The van der Waals surface area contributed by atoms with Gasteiger partial charge in [-0.1, -0.05) is 106 Å². The van der Waals surface area contributed by atoms with E-state index in [0.29, 0.717) is 126 Å². The third kappa shape index (κ3) is 46.1. The largest absolute Gasteiger partial charge is 0.379 e. The van der Waals surface area contributed by atoms with Crippen molar-refractivity contribution in [1.29, 1.82) is 0 Å². The van der Waals surface area contributed by atoms with Crippen molar-refractivity contribution in [2.45, 2.75) is 96.8 Å². The molecule has 0 heterocycles. The van der Waals surface area contributed by atoms with Gasteiger partial charge in [0.2, 0.25) is 0 Å². The summed E-state index contributed by atoms with van der Waals surface area (Å²) in [5, 5.41) is 0.843. The van der Waals surface area contributed by atoms with Gasteiger partial charge >= 0.3 is 0 Å². The summed E-state index contributed by atoms with van der Waals surface area (Å²) >= 11 is 3.31. The number of rotatable bonds is 44. The summed E-state index contributed by atoms with van der Waals surface area (Å²) in [6.45, 7) is 13.9. The standard InChI is InChI=1S/C36H73BrO10/c1-2-3-4-5-6-7-8-9-10-11-12-13-14-15-17-38-19-21-40-23-25-42-27-29-44-31-33-46-35-36-47-34-32-45-30-28-43-26-24-41-22-20-39-18-16-37/h2-36H2,1H3. The van der Waals surface area contributed by atoms with Crippen LogP contribution in [0.15, 0.2) is 0 Å². The lowest BCUT2D eigenvalue weighted by Gasteiger charge is -2.09. The minimum atomic E-state index is 0.532. The van der Waals surface area contributed by atoms with Gasteiger partial charge in [0.15, 0.2) is 0 Å². The second-order valence-corrected chi connectivity index (χ2v) is 12.2. The summed E-state index contributed by atoms with van der Waals surface area (Å²) in [7, 11) is 0. The van der Waals surface area contributed by atoms with E-state index >= 15 is 0 Å². The highest BCUT2D eigenvalue weighted by Crippen LogP contribution is 2.13. The van der Waals surface area contributed by atoms with Gasteiger partial charge in [-0.25, -0.2) is 0 Å². The Balaban J connectivity index is 3.03. The van der Waals surface area contributed by atoms with Gasteiger partial charge in [-0.3, -0.25) is 0 Å². The Morgan fingerprint density at radius 2 is 0.426 bits per heavy atom. The van der Waals surface area contributed by atoms with Crippen molar-refractivity contribution in [2.75, 3.05) is 137 Å². The Morgan fingerprint density at radius 1 is 0.234 bits per heavy atom. The van der Waals surface area contributed by atoms with Crippen molar-refractivity contribution >= 4 is 15.9 Å². The minimum Gasteiger partial charge on any atom is -0.379 e. The first kappa shape index (κ1) is 47.1. The predicted molar refractivity (Wildman–Crippen MR) is 192 cm³/mol. The fourth-order valence-electron chi connectivity index (χ4n) is 4.53. The monoisotopic (exact) mass is 744 g/mol. The van der Waals surface area contributed by atoms with Gasteiger partial charge in [0.05, 0.1) is 126 Å². The van der Waals surface area contributed by atoms with Crippen LogP contribution >= 0.6 is 15.9 Å². The van der Waals surface area contributed by atoms with Crippen LogP contribution in [0.25, 0.3) is 0 Å². The number of halogens is 1. The summed E-state index contributed by atoms with van der Waals surface area (Å²) in [6, 6.07) is 0. The van der Waals surface area contributed by atoms with E-state index in [-0.39, 0.29) is 0 Å². The zero-order chi connectivity index (χ0) is 33.8. The average Bonchev–Trinajstić information content (AvgIpc) is 3.08. The predicted octanol–water partition coefficient (Wildman–Crippen LogP) is 7.03. The quantitative estimate of drug-likeness (QED) is 0.0479. The number of ether oxygens (including phenoxy) is 10. The van der Waals surface area contributed by atoms with Gasteiger partial charge in [0.1, 0.15) is 0 Å². The summed E-state index contributed by atoms with van der Waals surface area (Å²) in [6.07, 6.45) is 19.3. The summed E-state index contributed by atoms with van der Waals surface area (Å²) in [5.41, 5.74) is 0. The van der Waals surface area contributed by atoms with Crippen molar-refractivity contribution < 1.29 is 47.4 Å². The molecule has 0 aliphatic heterocycles. The fourth-order valence-corrected chi connectivity index (χ4v) is 4.76. The van der Waals surface area contributed by atoms with E-state index in [1.54, 1.807) is 0 Å². The maximum atomic E-state index is 5.68. The van der Waals surface area contributed by atoms with Gasteiger partial charge < -0.3 is 47.4 Å².